The maximum absolute atomic E-state index is 5.07. The number of piperazine rings is 1. The Balaban J connectivity index is 1.50. The minimum atomic E-state index is 0.270. The summed E-state index contributed by atoms with van der Waals surface area (Å²) in [5.41, 5.74) is 3.16. The van der Waals surface area contributed by atoms with Crippen molar-refractivity contribution >= 4 is 22.5 Å². The van der Waals surface area contributed by atoms with Crippen LogP contribution in [0.4, 0.5) is 5.95 Å². The van der Waals surface area contributed by atoms with Gasteiger partial charge in [0.05, 0.1) is 5.52 Å². The fraction of sp³-hybridized carbons (Fsp3) is 0.391. The molecule has 5 rings (SSSR count). The number of benzene rings is 1. The highest BCUT2D eigenvalue weighted by Gasteiger charge is 2.28. The van der Waals surface area contributed by atoms with Crippen LogP contribution in [0.25, 0.3) is 16.6 Å². The number of fused-ring (bicyclic) bond motifs is 3. The lowest BCUT2D eigenvalue weighted by molar-refractivity contribution is 0.180. The lowest BCUT2D eigenvalue weighted by Crippen LogP contribution is -2.52. The number of para-hydroxylation sites is 1. The Kier molecular flexibility index (Phi) is 4.83. The summed E-state index contributed by atoms with van der Waals surface area (Å²) < 4.78 is 2.16. The smallest absolute Gasteiger partial charge is 0.213 e. The van der Waals surface area contributed by atoms with Crippen LogP contribution < -0.4 is 4.90 Å². The summed E-state index contributed by atoms with van der Waals surface area (Å²) in [4.78, 5) is 14.1. The van der Waals surface area contributed by atoms with Gasteiger partial charge in [-0.1, -0.05) is 26.0 Å². The minimum Gasteiger partial charge on any atom is -0.339 e. The van der Waals surface area contributed by atoms with Crippen LogP contribution >= 0.6 is 0 Å². The van der Waals surface area contributed by atoms with Crippen LogP contribution in [0.3, 0.4) is 0 Å². The summed E-state index contributed by atoms with van der Waals surface area (Å²) in [5.74, 6) is 2.19. The van der Waals surface area contributed by atoms with Gasteiger partial charge in [0.2, 0.25) is 5.95 Å². The molecule has 1 unspecified atom stereocenters. The van der Waals surface area contributed by atoms with Crippen molar-refractivity contribution in [3.63, 3.8) is 0 Å². The number of hydrogen-bond acceptors (Lipinski definition) is 6. The first-order chi connectivity index (χ1) is 14.6. The van der Waals surface area contributed by atoms with E-state index in [-0.39, 0.29) is 5.92 Å². The summed E-state index contributed by atoms with van der Waals surface area (Å²) >= 11 is 0. The monoisotopic (exact) mass is 401 g/mol. The molecule has 1 aliphatic rings. The van der Waals surface area contributed by atoms with Crippen molar-refractivity contribution in [1.29, 1.82) is 0 Å². The van der Waals surface area contributed by atoms with Gasteiger partial charge in [-0.3, -0.25) is 9.88 Å². The SMILES string of the molecule is CC(C)c1nnc2c3ccccc3nc(N3CCN(Cc4ccncc4)C(C)C3)n12. The second-order valence-corrected chi connectivity index (χ2v) is 8.42. The van der Waals surface area contributed by atoms with E-state index in [9.17, 15) is 0 Å². The normalized spacial score (nSPS) is 18.0. The van der Waals surface area contributed by atoms with Gasteiger partial charge in [0.1, 0.15) is 5.82 Å². The zero-order chi connectivity index (χ0) is 20.7. The molecule has 1 fully saturated rings. The van der Waals surface area contributed by atoms with Gasteiger partial charge in [0.15, 0.2) is 5.65 Å². The first kappa shape index (κ1) is 18.9. The van der Waals surface area contributed by atoms with Crippen molar-refractivity contribution in [2.24, 2.45) is 0 Å². The summed E-state index contributed by atoms with van der Waals surface area (Å²) in [7, 11) is 0. The molecule has 0 radical (unpaired) electrons. The third-order valence-electron chi connectivity index (χ3n) is 5.95. The zero-order valence-electron chi connectivity index (χ0n) is 17.7. The van der Waals surface area contributed by atoms with Crippen LogP contribution in [0.2, 0.25) is 0 Å². The Morgan fingerprint density at radius 3 is 2.60 bits per heavy atom. The summed E-state index contributed by atoms with van der Waals surface area (Å²) in [6.07, 6.45) is 3.73. The fourth-order valence-electron chi connectivity index (χ4n) is 4.31. The van der Waals surface area contributed by atoms with Gasteiger partial charge in [-0.25, -0.2) is 9.38 Å². The van der Waals surface area contributed by atoms with Gasteiger partial charge in [-0.05, 0) is 36.8 Å². The number of pyridine rings is 1. The largest absolute Gasteiger partial charge is 0.339 e. The molecule has 1 aromatic carbocycles. The summed E-state index contributed by atoms with van der Waals surface area (Å²) in [6, 6.07) is 12.8. The van der Waals surface area contributed by atoms with Gasteiger partial charge in [-0.2, -0.15) is 0 Å². The van der Waals surface area contributed by atoms with Crippen LogP contribution in [-0.4, -0.2) is 55.1 Å². The molecular formula is C23H27N7. The molecule has 4 heterocycles. The highest BCUT2D eigenvalue weighted by atomic mass is 15.4. The predicted molar refractivity (Wildman–Crippen MR) is 119 cm³/mol. The van der Waals surface area contributed by atoms with E-state index in [2.05, 4.69) is 74.4 Å². The highest BCUT2D eigenvalue weighted by Crippen LogP contribution is 2.28. The lowest BCUT2D eigenvalue weighted by Gasteiger charge is -2.40. The van der Waals surface area contributed by atoms with Gasteiger partial charge in [-0.15, -0.1) is 10.2 Å². The Bertz CT molecular complexity index is 1170. The van der Waals surface area contributed by atoms with Crippen molar-refractivity contribution in [2.75, 3.05) is 24.5 Å². The van der Waals surface area contributed by atoms with Crippen molar-refractivity contribution < 1.29 is 0 Å². The molecule has 0 saturated carbocycles. The standard InChI is InChI=1S/C23H27N7/c1-16(2)21-26-27-22-19-6-4-5-7-20(19)25-23(30(21)22)29-13-12-28(17(3)14-29)15-18-8-10-24-11-9-18/h4-11,16-17H,12-15H2,1-3H3. The van der Waals surface area contributed by atoms with Gasteiger partial charge in [0.25, 0.3) is 0 Å². The molecule has 0 N–H and O–H groups in total. The highest BCUT2D eigenvalue weighted by molar-refractivity contribution is 5.92. The van der Waals surface area contributed by atoms with E-state index in [0.717, 1.165) is 54.5 Å². The topological polar surface area (TPSA) is 62.5 Å². The summed E-state index contributed by atoms with van der Waals surface area (Å²) in [5, 5.41) is 10.1. The molecule has 30 heavy (non-hydrogen) atoms. The van der Waals surface area contributed by atoms with E-state index in [1.165, 1.54) is 5.56 Å². The molecule has 1 saturated heterocycles. The molecule has 7 heteroatoms. The van der Waals surface area contributed by atoms with Crippen molar-refractivity contribution in [3.05, 3.63) is 60.2 Å². The molecule has 154 valence electrons. The predicted octanol–water partition coefficient (Wildman–Crippen LogP) is 3.51. The molecule has 0 amide bonds. The second kappa shape index (κ2) is 7.65. The zero-order valence-corrected chi connectivity index (χ0v) is 17.7. The van der Waals surface area contributed by atoms with Crippen LogP contribution in [0.15, 0.2) is 48.8 Å². The van der Waals surface area contributed by atoms with Gasteiger partial charge in [0, 0.05) is 55.9 Å². The third-order valence-corrected chi connectivity index (χ3v) is 5.95. The molecule has 0 spiro atoms. The van der Waals surface area contributed by atoms with E-state index < -0.39 is 0 Å². The molecule has 1 atom stereocenters. The van der Waals surface area contributed by atoms with Crippen LogP contribution in [0, 0.1) is 0 Å². The number of nitrogens with zero attached hydrogens (tertiary/aromatic N) is 7. The van der Waals surface area contributed by atoms with Crippen LogP contribution in [0.1, 0.15) is 38.1 Å². The Morgan fingerprint density at radius 1 is 1.03 bits per heavy atom. The molecule has 1 aliphatic heterocycles. The van der Waals surface area contributed by atoms with E-state index in [4.69, 9.17) is 4.98 Å². The number of hydrogen-bond donors (Lipinski definition) is 0. The van der Waals surface area contributed by atoms with Crippen LogP contribution in [0.5, 0.6) is 0 Å². The van der Waals surface area contributed by atoms with E-state index >= 15 is 0 Å². The Labute approximate surface area is 176 Å². The number of rotatable bonds is 4. The van der Waals surface area contributed by atoms with E-state index in [1.54, 1.807) is 0 Å². The van der Waals surface area contributed by atoms with E-state index in [1.807, 2.05) is 24.5 Å². The average Bonchev–Trinajstić information content (AvgIpc) is 3.21. The molecule has 3 aromatic heterocycles. The van der Waals surface area contributed by atoms with Crippen molar-refractivity contribution in [3.8, 4) is 0 Å². The molecule has 7 nitrogen and oxygen atoms in total. The number of aromatic nitrogens is 5. The quantitative estimate of drug-likeness (QED) is 0.522. The molecule has 0 bridgehead atoms. The Morgan fingerprint density at radius 2 is 1.83 bits per heavy atom. The first-order valence-corrected chi connectivity index (χ1v) is 10.6. The lowest BCUT2D eigenvalue weighted by atomic mass is 10.1. The maximum atomic E-state index is 5.07. The number of anilines is 1. The van der Waals surface area contributed by atoms with Crippen LogP contribution in [-0.2, 0) is 6.54 Å². The van der Waals surface area contributed by atoms with Gasteiger partial charge >= 0.3 is 0 Å². The second-order valence-electron chi connectivity index (χ2n) is 8.42. The third kappa shape index (κ3) is 3.29. The maximum Gasteiger partial charge on any atom is 0.213 e. The molecule has 0 aliphatic carbocycles. The Hall–Kier alpha value is -3.06. The fourth-order valence-corrected chi connectivity index (χ4v) is 4.31. The average molecular weight is 402 g/mol. The summed E-state index contributed by atoms with van der Waals surface area (Å²) in [6.45, 7) is 10.4. The van der Waals surface area contributed by atoms with Gasteiger partial charge < -0.3 is 4.90 Å². The molecular weight excluding hydrogens is 374 g/mol. The van der Waals surface area contributed by atoms with Crippen molar-refractivity contribution in [2.45, 2.75) is 39.3 Å². The minimum absolute atomic E-state index is 0.270. The first-order valence-electron chi connectivity index (χ1n) is 10.6. The van der Waals surface area contributed by atoms with Crippen molar-refractivity contribution in [1.82, 2.24) is 29.5 Å². The molecule has 4 aromatic rings. The van der Waals surface area contributed by atoms with E-state index in [0.29, 0.717) is 6.04 Å².